The number of nitrogens with zero attached hydrogens (tertiary/aromatic N) is 3. The summed E-state index contributed by atoms with van der Waals surface area (Å²) in [5.41, 5.74) is 14.1. The number of primary amides is 1. The number of imidazole rings is 1. The zero-order valence-electron chi connectivity index (χ0n) is 19.2. The molecule has 0 aliphatic heterocycles. The van der Waals surface area contributed by atoms with Gasteiger partial charge in [0.05, 0.1) is 36.9 Å². The zero-order valence-corrected chi connectivity index (χ0v) is 20.8. The normalized spacial score (nSPS) is 11.5. The van der Waals surface area contributed by atoms with E-state index in [2.05, 4.69) is 10.3 Å². The minimum atomic E-state index is -0.596. The molecule has 0 aliphatic rings. The fraction of sp³-hybridized carbons (Fsp3) is 0.208. The summed E-state index contributed by atoms with van der Waals surface area (Å²) in [5.74, 6) is 1.42. The topological polar surface area (TPSA) is 130 Å². The van der Waals surface area contributed by atoms with Gasteiger partial charge in [-0.1, -0.05) is 23.7 Å². The lowest BCUT2D eigenvalue weighted by atomic mass is 10.0. The van der Waals surface area contributed by atoms with Crippen molar-refractivity contribution in [1.29, 1.82) is 0 Å². The van der Waals surface area contributed by atoms with Gasteiger partial charge in [0, 0.05) is 17.2 Å². The minimum absolute atomic E-state index is 0. The lowest BCUT2D eigenvalue weighted by Crippen LogP contribution is -2.21. The van der Waals surface area contributed by atoms with Crippen molar-refractivity contribution in [3.63, 3.8) is 0 Å². The van der Waals surface area contributed by atoms with Crippen molar-refractivity contribution in [2.45, 2.75) is 12.5 Å². The number of halogens is 2. The lowest BCUT2D eigenvalue weighted by molar-refractivity contribution is 0.100. The SMILES string of the molecule is COc1cc2ncn(-c3ccc(C(N)=O)c(NC(CCN)c4cccc(Cl)c4)n3)c2cc1OC.Cl. The highest BCUT2D eigenvalue weighted by atomic mass is 35.5. The van der Waals surface area contributed by atoms with Crippen LogP contribution in [0.15, 0.2) is 54.9 Å². The van der Waals surface area contributed by atoms with E-state index in [0.717, 1.165) is 11.1 Å². The van der Waals surface area contributed by atoms with Crippen LogP contribution in [0.3, 0.4) is 0 Å². The average molecular weight is 517 g/mol. The number of aromatic nitrogens is 3. The van der Waals surface area contributed by atoms with Gasteiger partial charge in [0.2, 0.25) is 0 Å². The Bertz CT molecular complexity index is 1340. The molecular formula is C24H26Cl2N6O3. The Balaban J connectivity index is 0.00000342. The van der Waals surface area contributed by atoms with Crippen LogP contribution in [-0.2, 0) is 0 Å². The van der Waals surface area contributed by atoms with Crippen molar-refractivity contribution in [2.75, 3.05) is 26.1 Å². The van der Waals surface area contributed by atoms with Crippen molar-refractivity contribution < 1.29 is 14.3 Å². The van der Waals surface area contributed by atoms with E-state index in [1.165, 1.54) is 0 Å². The van der Waals surface area contributed by atoms with Gasteiger partial charge in [0.1, 0.15) is 18.0 Å². The summed E-state index contributed by atoms with van der Waals surface area (Å²) in [4.78, 5) is 21.3. The van der Waals surface area contributed by atoms with Crippen LogP contribution in [0.4, 0.5) is 5.82 Å². The number of rotatable bonds is 9. The molecule has 0 saturated heterocycles. The number of nitrogens with two attached hydrogens (primary N) is 2. The third-order valence-corrected chi connectivity index (χ3v) is 5.70. The molecule has 2 heterocycles. The predicted molar refractivity (Wildman–Crippen MR) is 139 cm³/mol. The number of methoxy groups -OCH3 is 2. The minimum Gasteiger partial charge on any atom is -0.493 e. The van der Waals surface area contributed by atoms with Gasteiger partial charge in [0.25, 0.3) is 5.91 Å². The fourth-order valence-corrected chi connectivity index (χ4v) is 3.99. The van der Waals surface area contributed by atoms with E-state index in [4.69, 9.17) is 37.5 Å². The van der Waals surface area contributed by atoms with Crippen molar-refractivity contribution in [1.82, 2.24) is 14.5 Å². The van der Waals surface area contributed by atoms with Gasteiger partial charge in [-0.05, 0) is 42.8 Å². The maximum atomic E-state index is 12.2. The van der Waals surface area contributed by atoms with Crippen molar-refractivity contribution in [3.05, 3.63) is 71.0 Å². The highest BCUT2D eigenvalue weighted by Crippen LogP contribution is 2.33. The average Bonchev–Trinajstić information content (AvgIpc) is 3.25. The number of benzene rings is 2. The molecule has 1 unspecified atom stereocenters. The highest BCUT2D eigenvalue weighted by molar-refractivity contribution is 6.30. The first kappa shape index (κ1) is 26.1. The third-order valence-electron chi connectivity index (χ3n) is 5.46. The Morgan fingerprint density at radius 2 is 1.89 bits per heavy atom. The van der Waals surface area contributed by atoms with E-state index >= 15 is 0 Å². The molecular weight excluding hydrogens is 491 g/mol. The summed E-state index contributed by atoms with van der Waals surface area (Å²) < 4.78 is 12.6. The second-order valence-corrected chi connectivity index (χ2v) is 8.01. The van der Waals surface area contributed by atoms with Crippen molar-refractivity contribution in [2.24, 2.45) is 11.5 Å². The predicted octanol–water partition coefficient (Wildman–Crippen LogP) is 4.11. The van der Waals surface area contributed by atoms with Gasteiger partial charge in [-0.25, -0.2) is 9.97 Å². The smallest absolute Gasteiger partial charge is 0.252 e. The molecule has 0 bridgehead atoms. The van der Waals surface area contributed by atoms with E-state index in [9.17, 15) is 4.79 Å². The zero-order chi connectivity index (χ0) is 24.2. The summed E-state index contributed by atoms with van der Waals surface area (Å²) in [5, 5.41) is 3.94. The van der Waals surface area contributed by atoms with Gasteiger partial charge < -0.3 is 26.3 Å². The molecule has 4 aromatic rings. The lowest BCUT2D eigenvalue weighted by Gasteiger charge is -2.21. The molecule has 0 spiro atoms. The van der Waals surface area contributed by atoms with Gasteiger partial charge in [-0.15, -0.1) is 12.4 Å². The number of carbonyl (C=O) groups is 1. The van der Waals surface area contributed by atoms with Crippen LogP contribution < -0.4 is 26.3 Å². The van der Waals surface area contributed by atoms with E-state index in [1.807, 2.05) is 24.3 Å². The van der Waals surface area contributed by atoms with Crippen molar-refractivity contribution >= 4 is 46.8 Å². The van der Waals surface area contributed by atoms with Gasteiger partial charge in [-0.2, -0.15) is 0 Å². The van der Waals surface area contributed by atoms with E-state index < -0.39 is 5.91 Å². The number of amides is 1. The van der Waals surface area contributed by atoms with E-state index in [0.29, 0.717) is 46.6 Å². The van der Waals surface area contributed by atoms with Gasteiger partial charge in [0.15, 0.2) is 11.5 Å². The summed E-state index contributed by atoms with van der Waals surface area (Å²) in [6.07, 6.45) is 2.24. The number of ether oxygens (including phenoxy) is 2. The summed E-state index contributed by atoms with van der Waals surface area (Å²) in [7, 11) is 3.14. The Hall–Kier alpha value is -3.53. The molecule has 2 aromatic carbocycles. The molecule has 11 heteroatoms. The van der Waals surface area contributed by atoms with E-state index in [1.54, 1.807) is 49.4 Å². The molecule has 0 aliphatic carbocycles. The largest absolute Gasteiger partial charge is 0.493 e. The first-order valence-electron chi connectivity index (χ1n) is 10.6. The summed E-state index contributed by atoms with van der Waals surface area (Å²) in [6, 6.07) is 14.2. The monoisotopic (exact) mass is 516 g/mol. The fourth-order valence-electron chi connectivity index (χ4n) is 3.79. The van der Waals surface area contributed by atoms with Crippen LogP contribution in [0.25, 0.3) is 16.9 Å². The maximum Gasteiger partial charge on any atom is 0.252 e. The quantitative estimate of drug-likeness (QED) is 0.305. The van der Waals surface area contributed by atoms with Crippen molar-refractivity contribution in [3.8, 4) is 17.3 Å². The van der Waals surface area contributed by atoms with Crippen LogP contribution in [0.2, 0.25) is 5.02 Å². The molecule has 184 valence electrons. The number of hydrogen-bond donors (Lipinski definition) is 3. The standard InChI is InChI=1S/C24H25ClN6O3.ClH/c1-33-20-11-18-19(12-21(20)34-2)31(13-28-18)22-7-6-16(23(27)32)24(30-22)29-17(8-9-26)14-4-3-5-15(25)10-14;/h3-7,10-13,17H,8-9,26H2,1-2H3,(H2,27,32)(H,29,30);1H. The highest BCUT2D eigenvalue weighted by Gasteiger charge is 2.19. The van der Waals surface area contributed by atoms with Gasteiger partial charge >= 0.3 is 0 Å². The molecule has 9 nitrogen and oxygen atoms in total. The number of pyridine rings is 1. The Morgan fingerprint density at radius 1 is 1.14 bits per heavy atom. The number of fused-ring (bicyclic) bond motifs is 1. The molecule has 0 saturated carbocycles. The third kappa shape index (κ3) is 5.43. The molecule has 35 heavy (non-hydrogen) atoms. The second kappa shape index (κ2) is 11.3. The maximum absolute atomic E-state index is 12.2. The number of carbonyl (C=O) groups excluding carboxylic acids is 1. The van der Waals surface area contributed by atoms with Crippen LogP contribution in [0.5, 0.6) is 11.5 Å². The molecule has 4 rings (SSSR count). The number of nitrogens with one attached hydrogen (secondary N) is 1. The molecule has 0 radical (unpaired) electrons. The Kier molecular flexibility index (Phi) is 8.39. The van der Waals surface area contributed by atoms with Crippen LogP contribution in [0.1, 0.15) is 28.4 Å². The Labute approximate surface area is 213 Å². The first-order chi connectivity index (χ1) is 16.4. The summed E-state index contributed by atoms with van der Waals surface area (Å²) in [6.45, 7) is 0.420. The number of hydrogen-bond acceptors (Lipinski definition) is 7. The molecule has 2 aromatic heterocycles. The molecule has 1 atom stereocenters. The van der Waals surface area contributed by atoms with Crippen LogP contribution in [-0.4, -0.2) is 41.2 Å². The van der Waals surface area contributed by atoms with Gasteiger partial charge in [-0.3, -0.25) is 9.36 Å². The Morgan fingerprint density at radius 3 is 2.54 bits per heavy atom. The van der Waals surface area contributed by atoms with Crippen LogP contribution in [0, 0.1) is 0 Å². The molecule has 5 N–H and O–H groups in total. The summed E-state index contributed by atoms with van der Waals surface area (Å²) >= 11 is 6.19. The molecule has 0 fully saturated rings. The molecule has 1 amide bonds. The second-order valence-electron chi connectivity index (χ2n) is 7.57. The number of anilines is 1. The van der Waals surface area contributed by atoms with Crippen LogP contribution >= 0.6 is 24.0 Å². The van der Waals surface area contributed by atoms with E-state index in [-0.39, 0.29) is 24.0 Å². The first-order valence-corrected chi connectivity index (χ1v) is 10.9.